The molecule has 1 aliphatic carbocycles. The molecule has 29 heavy (non-hydrogen) atoms. The number of hydrogen-bond acceptors (Lipinski definition) is 5. The molecule has 3 heterocycles. The number of alkyl carbamates (subject to hydrolysis) is 1. The Labute approximate surface area is 172 Å². The Morgan fingerprint density at radius 3 is 3.03 bits per heavy atom. The van der Waals surface area contributed by atoms with Crippen molar-refractivity contribution in [2.24, 2.45) is 0 Å². The first-order chi connectivity index (χ1) is 13.8. The topological polar surface area (TPSA) is 67.9 Å². The van der Waals surface area contributed by atoms with Crippen molar-refractivity contribution >= 4 is 12.1 Å². The van der Waals surface area contributed by atoms with Crippen molar-refractivity contribution in [2.45, 2.75) is 82.6 Å². The zero-order valence-corrected chi connectivity index (χ0v) is 17.5. The average Bonchev–Trinajstić information content (AvgIpc) is 3.12. The lowest BCUT2D eigenvalue weighted by molar-refractivity contribution is -0.148. The van der Waals surface area contributed by atoms with Crippen LogP contribution in [-0.4, -0.2) is 53.3 Å². The molecule has 1 spiro atoms. The SMILES string of the molecule is CC(C)(C)OC(=O)NCCCC#CC1=C[C@@H]2C[C@@]3(OC(=O)C=C13)[C@H]1CCCCN21. The Hall–Kier alpha value is -2.26. The van der Waals surface area contributed by atoms with Gasteiger partial charge in [-0.1, -0.05) is 24.3 Å². The highest BCUT2D eigenvalue weighted by molar-refractivity contribution is 5.90. The lowest BCUT2D eigenvalue weighted by Gasteiger charge is -2.38. The number of nitrogens with one attached hydrogen (secondary N) is 1. The molecular weight excluding hydrogens is 368 g/mol. The molecule has 4 rings (SSSR count). The van der Waals surface area contributed by atoms with Crippen LogP contribution in [0.25, 0.3) is 0 Å². The molecule has 2 fully saturated rings. The minimum Gasteiger partial charge on any atom is -0.449 e. The Morgan fingerprint density at radius 1 is 1.41 bits per heavy atom. The van der Waals surface area contributed by atoms with Crippen LogP contribution in [0.2, 0.25) is 0 Å². The standard InChI is InChI=1S/C23H30N2O4/c1-22(2,3)29-21(27)24-11-7-4-5-9-16-13-17-15-23(18(16)14-20(26)28-23)19-10-6-8-12-25(17)19/h13-14,17,19H,4,6-8,10-12,15H2,1-3H3,(H,24,27)/t17-,19-,23+/m1/s1. The molecule has 0 aromatic rings. The zero-order valence-electron chi connectivity index (χ0n) is 17.5. The number of fused-ring (bicyclic) bond motifs is 3. The Morgan fingerprint density at radius 2 is 2.24 bits per heavy atom. The summed E-state index contributed by atoms with van der Waals surface area (Å²) in [5, 5.41) is 2.75. The van der Waals surface area contributed by atoms with Gasteiger partial charge in [0.1, 0.15) is 5.60 Å². The van der Waals surface area contributed by atoms with E-state index >= 15 is 0 Å². The van der Waals surface area contributed by atoms with Crippen LogP contribution in [0.5, 0.6) is 0 Å². The quantitative estimate of drug-likeness (QED) is 0.450. The summed E-state index contributed by atoms with van der Waals surface area (Å²) in [6.07, 6.45) is 9.22. The molecule has 6 nitrogen and oxygen atoms in total. The van der Waals surface area contributed by atoms with E-state index in [2.05, 4.69) is 28.1 Å². The van der Waals surface area contributed by atoms with Gasteiger partial charge in [-0.05, 0) is 46.6 Å². The summed E-state index contributed by atoms with van der Waals surface area (Å²) in [5.41, 5.74) is 0.947. The fourth-order valence-corrected chi connectivity index (χ4v) is 5.01. The number of carbonyl (C=O) groups is 2. The first-order valence-corrected chi connectivity index (χ1v) is 10.7. The number of piperidine rings is 1. The van der Waals surface area contributed by atoms with Crippen molar-refractivity contribution in [2.75, 3.05) is 13.1 Å². The van der Waals surface area contributed by atoms with Gasteiger partial charge in [0.05, 0.1) is 6.04 Å². The molecule has 0 unspecified atom stereocenters. The van der Waals surface area contributed by atoms with E-state index in [1.807, 2.05) is 20.8 Å². The van der Waals surface area contributed by atoms with Gasteiger partial charge < -0.3 is 14.8 Å². The summed E-state index contributed by atoms with van der Waals surface area (Å²) >= 11 is 0. The van der Waals surface area contributed by atoms with Crippen LogP contribution >= 0.6 is 0 Å². The van der Waals surface area contributed by atoms with E-state index in [-0.39, 0.29) is 12.0 Å². The summed E-state index contributed by atoms with van der Waals surface area (Å²) < 4.78 is 11.1. The monoisotopic (exact) mass is 398 g/mol. The van der Waals surface area contributed by atoms with Gasteiger partial charge >= 0.3 is 12.1 Å². The molecule has 156 valence electrons. The van der Waals surface area contributed by atoms with Gasteiger partial charge in [0, 0.05) is 42.7 Å². The molecule has 0 saturated carbocycles. The second-order valence-electron chi connectivity index (χ2n) is 9.30. The van der Waals surface area contributed by atoms with Gasteiger partial charge in [-0.2, -0.15) is 0 Å². The van der Waals surface area contributed by atoms with Gasteiger partial charge in [0.25, 0.3) is 0 Å². The molecule has 1 N–H and O–H groups in total. The van der Waals surface area contributed by atoms with Crippen LogP contribution < -0.4 is 5.32 Å². The number of nitrogens with zero attached hydrogens (tertiary/aromatic N) is 1. The Bertz CT molecular complexity index is 826. The van der Waals surface area contributed by atoms with Crippen LogP contribution in [0.3, 0.4) is 0 Å². The third-order valence-corrected chi connectivity index (χ3v) is 6.04. The number of rotatable bonds is 3. The van der Waals surface area contributed by atoms with Crippen molar-refractivity contribution < 1.29 is 19.1 Å². The van der Waals surface area contributed by atoms with Crippen molar-refractivity contribution in [3.05, 3.63) is 23.3 Å². The van der Waals surface area contributed by atoms with Crippen molar-refractivity contribution in [3.8, 4) is 11.8 Å². The lowest BCUT2D eigenvalue weighted by Crippen LogP contribution is -2.48. The van der Waals surface area contributed by atoms with Gasteiger partial charge in [-0.25, -0.2) is 9.59 Å². The molecule has 3 atom stereocenters. The molecule has 4 aliphatic rings. The Balaban J connectivity index is 1.37. The maximum Gasteiger partial charge on any atom is 0.407 e. The van der Waals surface area contributed by atoms with Gasteiger partial charge in [0.2, 0.25) is 0 Å². The number of hydrogen-bond donors (Lipinski definition) is 1. The van der Waals surface area contributed by atoms with Gasteiger partial charge in [0.15, 0.2) is 5.60 Å². The summed E-state index contributed by atoms with van der Waals surface area (Å²) in [7, 11) is 0. The summed E-state index contributed by atoms with van der Waals surface area (Å²) in [5.74, 6) is 6.27. The van der Waals surface area contributed by atoms with Crippen molar-refractivity contribution in [1.82, 2.24) is 10.2 Å². The molecule has 2 saturated heterocycles. The third kappa shape index (κ3) is 3.93. The van der Waals surface area contributed by atoms with Crippen molar-refractivity contribution in [3.63, 3.8) is 0 Å². The van der Waals surface area contributed by atoms with E-state index in [1.54, 1.807) is 6.08 Å². The van der Waals surface area contributed by atoms with E-state index in [1.165, 1.54) is 12.8 Å². The Kier molecular flexibility index (Phi) is 5.20. The number of unbranched alkanes of at least 4 members (excludes halogenated alkanes) is 1. The summed E-state index contributed by atoms with van der Waals surface area (Å²) in [6.45, 7) is 7.11. The maximum absolute atomic E-state index is 12.1. The van der Waals surface area contributed by atoms with Crippen LogP contribution in [0, 0.1) is 11.8 Å². The van der Waals surface area contributed by atoms with E-state index < -0.39 is 17.3 Å². The van der Waals surface area contributed by atoms with Gasteiger partial charge in [-0.15, -0.1) is 0 Å². The number of carbonyl (C=O) groups excluding carboxylic acids is 2. The molecular formula is C23H30N2O4. The average molecular weight is 399 g/mol. The molecule has 2 bridgehead atoms. The zero-order chi connectivity index (χ0) is 20.6. The van der Waals surface area contributed by atoms with Crippen LogP contribution in [0.4, 0.5) is 4.79 Å². The van der Waals surface area contributed by atoms with Crippen LogP contribution in [0.15, 0.2) is 23.3 Å². The number of amides is 1. The third-order valence-electron chi connectivity index (χ3n) is 6.04. The van der Waals surface area contributed by atoms with Crippen LogP contribution in [-0.2, 0) is 14.3 Å². The van der Waals surface area contributed by atoms with E-state index in [0.717, 1.165) is 37.0 Å². The predicted molar refractivity (Wildman–Crippen MR) is 109 cm³/mol. The second kappa shape index (κ2) is 7.53. The molecule has 6 heteroatoms. The molecule has 1 amide bonds. The molecule has 0 aromatic heterocycles. The first kappa shape index (κ1) is 20.0. The second-order valence-corrected chi connectivity index (χ2v) is 9.30. The fraction of sp³-hybridized carbons (Fsp3) is 0.652. The van der Waals surface area contributed by atoms with E-state index in [0.29, 0.717) is 19.0 Å². The van der Waals surface area contributed by atoms with E-state index in [4.69, 9.17) is 9.47 Å². The molecule has 3 aliphatic heterocycles. The highest BCUT2D eigenvalue weighted by Gasteiger charge is 2.61. The minimum absolute atomic E-state index is 0.234. The van der Waals surface area contributed by atoms with Crippen LogP contribution in [0.1, 0.15) is 59.3 Å². The number of esters is 1. The maximum atomic E-state index is 12.1. The number of ether oxygens (including phenoxy) is 2. The highest BCUT2D eigenvalue weighted by atomic mass is 16.6. The summed E-state index contributed by atoms with van der Waals surface area (Å²) in [4.78, 5) is 26.3. The minimum atomic E-state index is -0.492. The fourth-order valence-electron chi connectivity index (χ4n) is 5.01. The molecule has 0 aromatic carbocycles. The van der Waals surface area contributed by atoms with Gasteiger partial charge in [-0.3, -0.25) is 4.90 Å². The van der Waals surface area contributed by atoms with Crippen molar-refractivity contribution in [1.29, 1.82) is 0 Å². The predicted octanol–water partition coefficient (Wildman–Crippen LogP) is 3.08. The smallest absolute Gasteiger partial charge is 0.407 e. The summed E-state index contributed by atoms with van der Waals surface area (Å²) in [6, 6.07) is 0.592. The van der Waals surface area contributed by atoms with E-state index in [9.17, 15) is 9.59 Å². The largest absolute Gasteiger partial charge is 0.449 e. The lowest BCUT2D eigenvalue weighted by atomic mass is 9.77. The normalized spacial score (nSPS) is 30.2. The molecule has 0 radical (unpaired) electrons. The first-order valence-electron chi connectivity index (χ1n) is 10.7. The highest BCUT2D eigenvalue weighted by Crippen LogP contribution is 2.53.